The summed E-state index contributed by atoms with van der Waals surface area (Å²) in [6.45, 7) is 9.40. The van der Waals surface area contributed by atoms with Crippen molar-refractivity contribution in [3.8, 4) is 5.75 Å². The summed E-state index contributed by atoms with van der Waals surface area (Å²) >= 11 is 0. The number of carbonyl (C=O) groups excluding carboxylic acids is 1. The summed E-state index contributed by atoms with van der Waals surface area (Å²) in [6.07, 6.45) is 0.276. The predicted octanol–water partition coefficient (Wildman–Crippen LogP) is 25.0. The molecule has 4 atom stereocenters. The van der Waals surface area contributed by atoms with Crippen molar-refractivity contribution in [2.45, 2.75) is 53.2 Å². The monoisotopic (exact) mass is 640 g/mol. The maximum Gasteiger partial charge on any atom is 0.233 e. The molecule has 6 heteroatoms. The van der Waals surface area contributed by atoms with Gasteiger partial charge in [0.25, 0.3) is 0 Å². The van der Waals surface area contributed by atoms with E-state index in [2.05, 4.69) is 0 Å². The van der Waals surface area contributed by atoms with Crippen LogP contribution in [0.25, 0.3) is 0 Å². The van der Waals surface area contributed by atoms with Crippen molar-refractivity contribution < 1.29 is 128 Å². The fourth-order valence-electron chi connectivity index (χ4n) is 5.54. The van der Waals surface area contributed by atoms with Gasteiger partial charge in [-0.3, -0.25) is 4.79 Å². The summed E-state index contributed by atoms with van der Waals surface area (Å²) in [6, 6.07) is 12.6. The normalized spacial score (nSPS) is 19.2. The third-order valence-electron chi connectivity index (χ3n) is 7.72. The fraction of sp³-hybridized carbons (Fsp3) is 0.367. The number of phenolic OH excluding ortho intramolecular Hbond substituents is 1. The van der Waals surface area contributed by atoms with Gasteiger partial charge in [-0.25, -0.2) is 8.78 Å². The smallest absolute Gasteiger partial charge is 0.233 e. The van der Waals surface area contributed by atoms with Gasteiger partial charge in [0.1, 0.15) is 17.4 Å². The van der Waals surface area contributed by atoms with Crippen molar-refractivity contribution in [3.63, 3.8) is 0 Å². The van der Waals surface area contributed by atoms with Crippen LogP contribution in [0.5, 0.6) is 5.75 Å². The predicted molar refractivity (Wildman–Crippen MR) is 291 cm³/mol. The lowest BCUT2D eigenvalue weighted by atomic mass is 9.71. The third-order valence-corrected chi connectivity index (χ3v) is 7.72. The van der Waals surface area contributed by atoms with Crippen LogP contribution in [0.1, 0.15) is 163 Å². The molecule has 4 nitrogen and oxygen atoms in total. The minimum atomic E-state index is -0.348. The number of anilines is 1. The quantitative estimate of drug-likeness (QED) is 0.261. The van der Waals surface area contributed by atoms with Crippen molar-refractivity contribution in [1.29, 1.82) is 0 Å². The molecule has 0 aliphatic carbocycles. The highest BCUT2D eigenvalue weighted by Crippen LogP contribution is 2.50. The number of aromatic hydroxyl groups is 1. The molecule has 1 aliphatic heterocycles. The van der Waals surface area contributed by atoms with Gasteiger partial charge in [0.15, 0.2) is 0 Å². The number of hydrogen-bond acceptors (Lipinski definition) is 3. The summed E-state index contributed by atoms with van der Waals surface area (Å²) < 4.78 is 33.7. The molecule has 0 spiro atoms. The Kier molecular flexibility index (Phi) is 7.19. The minimum absolute atomic E-state index is 0. The Hall–Kier alpha value is -3.25. The Morgan fingerprint density at radius 2 is 1.72 bits per heavy atom. The van der Waals surface area contributed by atoms with Gasteiger partial charge in [-0.2, -0.15) is 0 Å². The van der Waals surface area contributed by atoms with E-state index in [9.17, 15) is 18.7 Å². The van der Waals surface area contributed by atoms with Crippen LogP contribution in [0, 0.1) is 51.2 Å². The van der Waals surface area contributed by atoms with Crippen molar-refractivity contribution in [2.24, 2.45) is 11.8 Å². The molecule has 336 valence electrons. The molecule has 1 aliphatic rings. The van der Waals surface area contributed by atoms with Crippen LogP contribution in [0.4, 0.5) is 14.5 Å². The number of nitrogens with zero attached hydrogens (tertiary/aromatic N) is 1. The van der Waals surface area contributed by atoms with E-state index in [1.165, 1.54) is 18.2 Å². The molecule has 3 aromatic rings. The Labute approximate surface area is 319 Å². The van der Waals surface area contributed by atoms with E-state index in [1.54, 1.807) is 50.1 Å². The van der Waals surface area contributed by atoms with E-state index >= 15 is 0 Å². The molecule has 1 heterocycles. The number of carbonyl (C=O) groups is 1. The van der Waals surface area contributed by atoms with Gasteiger partial charge in [0.2, 0.25) is 5.91 Å². The first kappa shape index (κ1) is 25.8. The van der Waals surface area contributed by atoms with Gasteiger partial charge in [0.05, 0.1) is 18.1 Å². The van der Waals surface area contributed by atoms with Crippen LogP contribution in [0.2, 0.25) is 0 Å². The van der Waals surface area contributed by atoms with Crippen LogP contribution >= 0.6 is 0 Å². The number of hydrogen-bond donors (Lipinski definition) is 1. The summed E-state index contributed by atoms with van der Waals surface area (Å²) in [7, 11) is 1.63. The number of ether oxygens (including phenoxy) is 1. The first-order valence-electron chi connectivity index (χ1n) is 12.2. The highest BCUT2D eigenvalue weighted by atomic mass is 19.1. The topological polar surface area (TPSA) is 49.8 Å². The molecule has 4 rings (SSSR count). The molecular formula is C30H179F2NO3. The number of halogens is 2. The molecular weight excluding hydrogens is 460 g/mol. The molecule has 1 fully saturated rings. The second kappa shape index (κ2) is 10.0. The van der Waals surface area contributed by atoms with E-state index < -0.39 is 0 Å². The fourth-order valence-corrected chi connectivity index (χ4v) is 5.54. The SMILES string of the molecule is CO[C@@H](C[C@H](C)[C@H]1C(=O)N(c2ccc(F)cc2C)[C@@H]1c1ccc(O)cc1C)c1ccc(F)c(C)c1C.[HH].[HH].[HH].[HH].[HH].[HH].[HH].[HH].[HH].[HH].[HH].[HH].[HH].[HH].[HH].[HH].[HH].[HH].[HH].[HH].[HH].[HH].[HH].[HH].[HH].[HH].[HH].[HH].[HH].[HH].[HH].[HH].[HH].[HH].[HH].[HH].[HH].[HH].[HH].[HH].[HH].[HH].[HH].[HH].[HH].[HH].[HH].[HH].[HH].[HH].[HH].[HH].[HH].[HH].[HH].[HH].[HH].[HH].[HH].[HH].[HH].[HH].[HH].[HH].[HH].[HH].[HH].[HH].[HH].[HH].[HH].[HH].[HH]. The van der Waals surface area contributed by atoms with Gasteiger partial charge in [-0.05, 0) is 110 Å². The Balaban J connectivity index is -0.00000000306. The molecule has 0 unspecified atom stereocenters. The number of amides is 1. The molecule has 3 aromatic carbocycles. The second-order valence-corrected chi connectivity index (χ2v) is 9.97. The highest BCUT2D eigenvalue weighted by molar-refractivity contribution is 6.04. The van der Waals surface area contributed by atoms with Crippen LogP contribution in [0.3, 0.4) is 0 Å². The van der Waals surface area contributed by atoms with Gasteiger partial charge in [-0.15, -0.1) is 0 Å². The summed E-state index contributed by atoms with van der Waals surface area (Å²) in [5.41, 5.74) is 5.54. The Morgan fingerprint density at radius 3 is 2.36 bits per heavy atom. The summed E-state index contributed by atoms with van der Waals surface area (Å²) in [5, 5.41) is 9.97. The average molecular weight is 641 g/mol. The molecule has 0 radical (unpaired) electrons. The molecule has 0 bridgehead atoms. The third kappa shape index (κ3) is 4.50. The first-order chi connectivity index (χ1) is 17.0. The zero-order valence-corrected chi connectivity index (χ0v) is 21.6. The van der Waals surface area contributed by atoms with Crippen molar-refractivity contribution in [1.82, 2.24) is 0 Å². The van der Waals surface area contributed by atoms with Crippen LogP contribution in [-0.2, 0) is 9.53 Å². The van der Waals surface area contributed by atoms with Crippen LogP contribution < -0.4 is 4.90 Å². The first-order valence-corrected chi connectivity index (χ1v) is 12.2. The van der Waals surface area contributed by atoms with E-state index in [0.717, 1.165) is 22.3 Å². The van der Waals surface area contributed by atoms with Gasteiger partial charge >= 0.3 is 0 Å². The van der Waals surface area contributed by atoms with Crippen molar-refractivity contribution in [2.75, 3.05) is 12.0 Å². The Morgan fingerprint density at radius 1 is 1.00 bits per heavy atom. The summed E-state index contributed by atoms with van der Waals surface area (Å²) in [5.74, 6) is -0.866. The maximum absolute atomic E-state index is 14.1. The molecule has 0 aromatic heterocycles. The molecule has 1 amide bonds. The Bertz CT molecular complexity index is 1410. The lowest BCUT2D eigenvalue weighted by Gasteiger charge is -2.51. The molecule has 1 N–H and O–H groups in total. The second-order valence-electron chi connectivity index (χ2n) is 9.97. The van der Waals surface area contributed by atoms with E-state index in [-0.39, 0.29) is 151 Å². The van der Waals surface area contributed by atoms with Crippen LogP contribution in [0.15, 0.2) is 48.5 Å². The van der Waals surface area contributed by atoms with Gasteiger partial charge in [-0.1, -0.05) is 19.1 Å². The number of β-lactam (4-membered cyclic amide) rings is 1. The largest absolute Gasteiger partial charge is 0.508 e. The van der Waals surface area contributed by atoms with E-state index in [1.807, 2.05) is 26.8 Å². The lowest BCUT2D eigenvalue weighted by molar-refractivity contribution is -0.133. The van der Waals surface area contributed by atoms with Crippen molar-refractivity contribution in [3.05, 3.63) is 93.5 Å². The van der Waals surface area contributed by atoms with Gasteiger partial charge in [0, 0.05) is 117 Å². The maximum atomic E-state index is 14.1. The standard InChI is InChI=1S/C30H33F2NO3.73H2/c1-16-14-22(34)8-9-23(16)29-28(30(35)33(29)26-12-7-21(31)13-17(26)2)18(3)15-27(36-6)24-10-11-25(32)20(5)19(24)4;;;;;;;;;;;;;;;;;;;;;;;;;;;;;;;;;;;;;;;;;;;;;;;;;;;;;;;;;;;;;;;;;;;;;;;;;/h7-14,18,27-29,34H,15H2,1-6H3;73*1H/t18-,27-,28+,29+;;;;;;;;;;;;;;;;;;;;;;;;;;;;;;;;;;;;;;;;;;;;;;;;;;;;;;;;;;;;;;;;;;;;;;;;;/m0........................................................................./s1. The van der Waals surface area contributed by atoms with Crippen LogP contribution in [-0.4, -0.2) is 18.1 Å². The zero-order chi connectivity index (χ0) is 26.3. The number of methoxy groups -OCH3 is 1. The molecule has 1 saturated heterocycles. The number of benzene rings is 3. The zero-order valence-electron chi connectivity index (χ0n) is 21.6. The average Bonchev–Trinajstić information content (AvgIpc) is 2.82. The van der Waals surface area contributed by atoms with E-state index in [4.69, 9.17) is 4.74 Å². The number of rotatable bonds is 7. The van der Waals surface area contributed by atoms with E-state index in [0.29, 0.717) is 23.2 Å². The lowest BCUT2D eigenvalue weighted by Crippen LogP contribution is -2.58. The minimum Gasteiger partial charge on any atom is -0.508 e. The molecule has 36 heavy (non-hydrogen) atoms. The number of aryl methyl sites for hydroxylation is 2. The molecule has 0 saturated carbocycles. The summed E-state index contributed by atoms with van der Waals surface area (Å²) in [4.78, 5) is 15.4. The van der Waals surface area contributed by atoms with Crippen molar-refractivity contribution >= 4 is 11.6 Å². The highest BCUT2D eigenvalue weighted by Gasteiger charge is 2.52. The van der Waals surface area contributed by atoms with Gasteiger partial charge < -0.3 is 14.7 Å². The number of phenols is 1.